The van der Waals surface area contributed by atoms with Crippen molar-refractivity contribution in [2.45, 2.75) is 18.9 Å². The lowest BCUT2D eigenvalue weighted by Crippen LogP contribution is -2.44. The van der Waals surface area contributed by atoms with Crippen molar-refractivity contribution < 1.29 is 0 Å². The van der Waals surface area contributed by atoms with Crippen molar-refractivity contribution in [1.82, 2.24) is 5.32 Å². The van der Waals surface area contributed by atoms with Gasteiger partial charge in [0.1, 0.15) is 0 Å². The molecule has 92 valence electrons. The number of nitrogens with zero attached hydrogens (tertiary/aromatic N) is 2. The molecule has 0 bridgehead atoms. The Morgan fingerprint density at radius 1 is 1.24 bits per heavy atom. The van der Waals surface area contributed by atoms with Crippen LogP contribution in [0.3, 0.4) is 0 Å². The minimum absolute atomic E-state index is 0.687. The first-order chi connectivity index (χ1) is 8.34. The largest absolute Gasteiger partial charge is 0.371 e. The second kappa shape index (κ2) is 4.57. The van der Waals surface area contributed by atoms with E-state index in [4.69, 9.17) is 0 Å². The fourth-order valence-corrected chi connectivity index (χ4v) is 2.93. The van der Waals surface area contributed by atoms with Crippen molar-refractivity contribution in [2.24, 2.45) is 0 Å². The standard InChI is InChI=1S/C14H21N3/c1-16-9-10-17(11-12-5-4-8-15-12)14-7-3-2-6-13(14)16/h2-3,6-7,12,15H,4-5,8-11H2,1H3/t12-/m1/s1. The Morgan fingerprint density at radius 3 is 2.82 bits per heavy atom. The number of anilines is 2. The predicted molar refractivity (Wildman–Crippen MR) is 72.9 cm³/mol. The van der Waals surface area contributed by atoms with Crippen LogP contribution in [0.15, 0.2) is 24.3 Å². The quantitative estimate of drug-likeness (QED) is 0.835. The molecule has 0 aromatic heterocycles. The van der Waals surface area contributed by atoms with Crippen LogP contribution < -0.4 is 15.1 Å². The third kappa shape index (κ3) is 2.12. The summed E-state index contributed by atoms with van der Waals surface area (Å²) in [6.45, 7) is 4.63. The van der Waals surface area contributed by atoms with Crippen LogP contribution in [0.4, 0.5) is 11.4 Å². The summed E-state index contributed by atoms with van der Waals surface area (Å²) in [5.74, 6) is 0. The Labute approximate surface area is 103 Å². The fraction of sp³-hybridized carbons (Fsp3) is 0.571. The molecule has 2 heterocycles. The van der Waals surface area contributed by atoms with Crippen molar-refractivity contribution in [3.8, 4) is 0 Å². The van der Waals surface area contributed by atoms with Crippen LogP contribution in [0, 0.1) is 0 Å². The van der Waals surface area contributed by atoms with Crippen LogP contribution in [0.1, 0.15) is 12.8 Å². The molecule has 3 heteroatoms. The highest BCUT2D eigenvalue weighted by Crippen LogP contribution is 2.32. The molecule has 0 unspecified atom stereocenters. The summed E-state index contributed by atoms with van der Waals surface area (Å²) in [5, 5.41) is 3.59. The second-order valence-electron chi connectivity index (χ2n) is 5.15. The molecule has 2 aliphatic rings. The highest BCUT2D eigenvalue weighted by atomic mass is 15.3. The molecule has 1 aromatic rings. The molecule has 3 nitrogen and oxygen atoms in total. The molecule has 0 saturated carbocycles. The van der Waals surface area contributed by atoms with E-state index in [1.807, 2.05) is 0 Å². The first kappa shape index (κ1) is 10.9. The maximum Gasteiger partial charge on any atom is 0.0605 e. The smallest absolute Gasteiger partial charge is 0.0605 e. The highest BCUT2D eigenvalue weighted by Gasteiger charge is 2.23. The number of nitrogens with one attached hydrogen (secondary N) is 1. The first-order valence-corrected chi connectivity index (χ1v) is 6.63. The van der Waals surface area contributed by atoms with Gasteiger partial charge in [0, 0.05) is 32.7 Å². The third-order valence-corrected chi connectivity index (χ3v) is 3.94. The number of likely N-dealkylation sites (N-methyl/N-ethyl adjacent to an activating group) is 1. The van der Waals surface area contributed by atoms with Gasteiger partial charge in [0.15, 0.2) is 0 Å². The Hall–Kier alpha value is -1.22. The maximum absolute atomic E-state index is 3.59. The molecule has 0 aliphatic carbocycles. The van der Waals surface area contributed by atoms with E-state index in [2.05, 4.69) is 46.4 Å². The lowest BCUT2D eigenvalue weighted by Gasteiger charge is -2.38. The zero-order valence-electron chi connectivity index (χ0n) is 10.5. The average molecular weight is 231 g/mol. The van der Waals surface area contributed by atoms with Crippen molar-refractivity contribution in [2.75, 3.05) is 43.0 Å². The zero-order chi connectivity index (χ0) is 11.7. The second-order valence-corrected chi connectivity index (χ2v) is 5.15. The normalized spacial score (nSPS) is 23.9. The Balaban J connectivity index is 1.79. The van der Waals surface area contributed by atoms with Gasteiger partial charge in [0.05, 0.1) is 11.4 Å². The summed E-state index contributed by atoms with van der Waals surface area (Å²) in [5.41, 5.74) is 2.77. The number of benzene rings is 1. The fourth-order valence-electron chi connectivity index (χ4n) is 2.93. The van der Waals surface area contributed by atoms with Crippen LogP contribution in [0.5, 0.6) is 0 Å². The van der Waals surface area contributed by atoms with Crippen molar-refractivity contribution in [3.05, 3.63) is 24.3 Å². The minimum atomic E-state index is 0.687. The molecule has 0 amide bonds. The van der Waals surface area contributed by atoms with Gasteiger partial charge in [-0.3, -0.25) is 0 Å². The van der Waals surface area contributed by atoms with Gasteiger partial charge in [-0.05, 0) is 31.5 Å². The van der Waals surface area contributed by atoms with E-state index in [0.29, 0.717) is 6.04 Å². The third-order valence-electron chi connectivity index (χ3n) is 3.94. The summed E-state index contributed by atoms with van der Waals surface area (Å²) in [7, 11) is 2.18. The first-order valence-electron chi connectivity index (χ1n) is 6.63. The SMILES string of the molecule is CN1CCN(C[C@H]2CCCN2)c2ccccc21. The van der Waals surface area contributed by atoms with Gasteiger partial charge in [-0.25, -0.2) is 0 Å². The van der Waals surface area contributed by atoms with Crippen LogP contribution in [-0.2, 0) is 0 Å². The molecule has 1 atom stereocenters. The van der Waals surface area contributed by atoms with Gasteiger partial charge in [-0.2, -0.15) is 0 Å². The zero-order valence-corrected chi connectivity index (χ0v) is 10.5. The molecule has 0 spiro atoms. The van der Waals surface area contributed by atoms with Crippen molar-refractivity contribution in [3.63, 3.8) is 0 Å². The summed E-state index contributed by atoms with van der Waals surface area (Å²) in [6.07, 6.45) is 2.66. The van der Waals surface area contributed by atoms with Gasteiger partial charge in [0.25, 0.3) is 0 Å². The summed E-state index contributed by atoms with van der Waals surface area (Å²) < 4.78 is 0. The topological polar surface area (TPSA) is 18.5 Å². The molecule has 1 aromatic carbocycles. The molecular weight excluding hydrogens is 210 g/mol. The Bertz CT molecular complexity index is 385. The number of rotatable bonds is 2. The molecule has 17 heavy (non-hydrogen) atoms. The summed E-state index contributed by atoms with van der Waals surface area (Å²) in [6, 6.07) is 9.44. The number of hydrogen-bond donors (Lipinski definition) is 1. The van der Waals surface area contributed by atoms with E-state index in [1.54, 1.807) is 0 Å². The lowest BCUT2D eigenvalue weighted by atomic mass is 10.1. The molecule has 3 rings (SSSR count). The van der Waals surface area contributed by atoms with Gasteiger partial charge < -0.3 is 15.1 Å². The van der Waals surface area contributed by atoms with Crippen LogP contribution >= 0.6 is 0 Å². The van der Waals surface area contributed by atoms with E-state index in [0.717, 1.165) is 19.6 Å². The molecule has 2 aliphatic heterocycles. The molecule has 1 saturated heterocycles. The Morgan fingerprint density at radius 2 is 2.06 bits per heavy atom. The van der Waals surface area contributed by atoms with Crippen LogP contribution in [-0.4, -0.2) is 39.3 Å². The molecular formula is C14H21N3. The lowest BCUT2D eigenvalue weighted by molar-refractivity contribution is 0.574. The van der Waals surface area contributed by atoms with Crippen molar-refractivity contribution >= 4 is 11.4 Å². The summed E-state index contributed by atoms with van der Waals surface area (Å²) in [4.78, 5) is 4.90. The highest BCUT2D eigenvalue weighted by molar-refractivity contribution is 5.73. The van der Waals surface area contributed by atoms with Gasteiger partial charge in [-0.1, -0.05) is 12.1 Å². The van der Waals surface area contributed by atoms with Crippen LogP contribution in [0.2, 0.25) is 0 Å². The maximum atomic E-state index is 3.59. The monoisotopic (exact) mass is 231 g/mol. The van der Waals surface area contributed by atoms with Gasteiger partial charge in [0.2, 0.25) is 0 Å². The summed E-state index contributed by atoms with van der Waals surface area (Å²) >= 11 is 0. The number of hydrogen-bond acceptors (Lipinski definition) is 3. The molecule has 1 fully saturated rings. The van der Waals surface area contributed by atoms with E-state index in [1.165, 1.54) is 30.8 Å². The van der Waals surface area contributed by atoms with Crippen molar-refractivity contribution in [1.29, 1.82) is 0 Å². The Kier molecular flexibility index (Phi) is 2.93. The van der Waals surface area contributed by atoms with E-state index in [-0.39, 0.29) is 0 Å². The van der Waals surface area contributed by atoms with Gasteiger partial charge in [-0.15, -0.1) is 0 Å². The van der Waals surface area contributed by atoms with E-state index >= 15 is 0 Å². The van der Waals surface area contributed by atoms with E-state index < -0.39 is 0 Å². The predicted octanol–water partition coefficient (Wildman–Crippen LogP) is 1.69. The molecule has 1 N–H and O–H groups in total. The molecule has 0 radical (unpaired) electrons. The average Bonchev–Trinajstić information content (AvgIpc) is 2.86. The van der Waals surface area contributed by atoms with E-state index in [9.17, 15) is 0 Å². The number of fused-ring (bicyclic) bond motifs is 1. The minimum Gasteiger partial charge on any atom is -0.371 e. The van der Waals surface area contributed by atoms with Crippen LogP contribution in [0.25, 0.3) is 0 Å². The number of para-hydroxylation sites is 2. The van der Waals surface area contributed by atoms with Gasteiger partial charge >= 0.3 is 0 Å².